The van der Waals surface area contributed by atoms with E-state index in [0.29, 0.717) is 5.82 Å². The van der Waals surface area contributed by atoms with Crippen molar-refractivity contribution in [3.05, 3.63) is 53.9 Å². The summed E-state index contributed by atoms with van der Waals surface area (Å²) in [6.07, 6.45) is 1.79. The van der Waals surface area contributed by atoms with Crippen LogP contribution in [0.15, 0.2) is 42.6 Å². The number of aromatic nitrogens is 3. The van der Waals surface area contributed by atoms with Crippen LogP contribution in [0, 0.1) is 13.8 Å². The monoisotopic (exact) mass is 278 g/mol. The van der Waals surface area contributed by atoms with Crippen LogP contribution in [0.4, 0.5) is 5.82 Å². The van der Waals surface area contributed by atoms with Gasteiger partial charge in [-0.2, -0.15) is 5.10 Å². The molecule has 0 amide bonds. The van der Waals surface area contributed by atoms with Gasteiger partial charge in [-0.1, -0.05) is 24.3 Å². The molecule has 106 valence electrons. The fourth-order valence-corrected chi connectivity index (χ4v) is 2.58. The molecule has 0 bridgehead atoms. The Balaban J connectivity index is 2.32. The molecule has 3 rings (SSSR count). The fraction of sp³-hybridized carbons (Fsp3) is 0.176. The molecule has 3 aromatic rings. The minimum Gasteiger partial charge on any atom is -0.383 e. The van der Waals surface area contributed by atoms with E-state index in [1.807, 2.05) is 38.2 Å². The molecule has 0 saturated heterocycles. The first-order valence-electron chi connectivity index (χ1n) is 6.90. The lowest BCUT2D eigenvalue weighted by Gasteiger charge is -2.08. The highest BCUT2D eigenvalue weighted by Gasteiger charge is 2.19. The van der Waals surface area contributed by atoms with E-state index >= 15 is 0 Å². The first kappa shape index (κ1) is 13.4. The molecule has 0 aliphatic carbocycles. The molecular weight excluding hydrogens is 260 g/mol. The van der Waals surface area contributed by atoms with E-state index in [4.69, 9.17) is 5.73 Å². The lowest BCUT2D eigenvalue weighted by molar-refractivity contribution is 0.782. The Hall–Kier alpha value is -2.62. The Kier molecular flexibility index (Phi) is 3.22. The van der Waals surface area contributed by atoms with E-state index in [-0.39, 0.29) is 0 Å². The van der Waals surface area contributed by atoms with Crippen molar-refractivity contribution in [1.82, 2.24) is 14.8 Å². The Morgan fingerprint density at radius 2 is 1.71 bits per heavy atom. The van der Waals surface area contributed by atoms with Crippen molar-refractivity contribution >= 4 is 5.82 Å². The van der Waals surface area contributed by atoms with Crippen molar-refractivity contribution in [1.29, 1.82) is 0 Å². The summed E-state index contributed by atoms with van der Waals surface area (Å²) in [4.78, 5) is 4.36. The van der Waals surface area contributed by atoms with E-state index in [9.17, 15) is 0 Å². The number of hydrogen-bond donors (Lipinski definition) is 1. The molecule has 0 unspecified atom stereocenters. The molecule has 2 N–H and O–H groups in total. The van der Waals surface area contributed by atoms with Crippen LogP contribution >= 0.6 is 0 Å². The average molecular weight is 278 g/mol. The second-order valence-electron chi connectivity index (χ2n) is 5.18. The number of nitrogens with two attached hydrogens (primary N) is 1. The first-order chi connectivity index (χ1) is 10.1. The van der Waals surface area contributed by atoms with Gasteiger partial charge >= 0.3 is 0 Å². The summed E-state index contributed by atoms with van der Waals surface area (Å²) in [6.45, 7) is 4.07. The summed E-state index contributed by atoms with van der Waals surface area (Å²) in [5, 5.41) is 4.61. The number of hydrogen-bond acceptors (Lipinski definition) is 3. The summed E-state index contributed by atoms with van der Waals surface area (Å²) in [6, 6.07) is 12.2. The lowest BCUT2D eigenvalue weighted by Crippen LogP contribution is -1.98. The van der Waals surface area contributed by atoms with Crippen LogP contribution in [-0.2, 0) is 7.05 Å². The standard InChI is InChI=1S/C17H18N4/c1-11-7-4-5-8-13(11)15-16(20-21(3)17(15)18)14-9-6-10-19-12(14)2/h4-10H,18H2,1-3H3. The molecule has 0 saturated carbocycles. The van der Waals surface area contributed by atoms with Gasteiger partial charge in [-0.3, -0.25) is 9.67 Å². The van der Waals surface area contributed by atoms with Crippen LogP contribution in [0.5, 0.6) is 0 Å². The molecule has 0 fully saturated rings. The zero-order valence-corrected chi connectivity index (χ0v) is 12.5. The highest BCUT2D eigenvalue weighted by molar-refractivity contribution is 5.89. The normalized spacial score (nSPS) is 10.8. The van der Waals surface area contributed by atoms with Crippen LogP contribution in [0.25, 0.3) is 22.4 Å². The van der Waals surface area contributed by atoms with Crippen LogP contribution < -0.4 is 5.73 Å². The largest absolute Gasteiger partial charge is 0.383 e. The van der Waals surface area contributed by atoms with Gasteiger partial charge in [0.15, 0.2) is 0 Å². The number of aryl methyl sites for hydroxylation is 3. The van der Waals surface area contributed by atoms with Gasteiger partial charge in [0, 0.05) is 24.5 Å². The number of pyridine rings is 1. The number of nitrogens with zero attached hydrogens (tertiary/aromatic N) is 3. The molecular formula is C17H18N4. The predicted octanol–water partition coefficient (Wildman–Crippen LogP) is 3.35. The maximum atomic E-state index is 6.27. The van der Waals surface area contributed by atoms with E-state index < -0.39 is 0 Å². The second-order valence-corrected chi connectivity index (χ2v) is 5.18. The molecule has 0 spiro atoms. The zero-order valence-electron chi connectivity index (χ0n) is 12.5. The molecule has 21 heavy (non-hydrogen) atoms. The third-order valence-electron chi connectivity index (χ3n) is 3.77. The SMILES string of the molecule is Cc1ccccc1-c1c(-c2cccnc2C)nn(C)c1N. The van der Waals surface area contributed by atoms with Crippen LogP contribution in [0.3, 0.4) is 0 Å². The van der Waals surface area contributed by atoms with Crippen LogP contribution in [0.2, 0.25) is 0 Å². The van der Waals surface area contributed by atoms with Crippen molar-refractivity contribution in [2.45, 2.75) is 13.8 Å². The molecule has 4 heteroatoms. The summed E-state index contributed by atoms with van der Waals surface area (Å²) in [5.74, 6) is 0.669. The molecule has 0 atom stereocenters. The molecule has 0 radical (unpaired) electrons. The summed E-state index contributed by atoms with van der Waals surface area (Å²) in [7, 11) is 1.87. The molecule has 2 heterocycles. The van der Waals surface area contributed by atoms with Crippen LogP contribution in [-0.4, -0.2) is 14.8 Å². The average Bonchev–Trinajstić information content (AvgIpc) is 2.76. The first-order valence-corrected chi connectivity index (χ1v) is 6.90. The predicted molar refractivity (Wildman–Crippen MR) is 85.8 cm³/mol. The van der Waals surface area contributed by atoms with Crippen LogP contribution in [0.1, 0.15) is 11.3 Å². The van der Waals surface area contributed by atoms with Crippen molar-refractivity contribution in [2.75, 3.05) is 5.73 Å². The summed E-state index contributed by atoms with van der Waals surface area (Å²) in [5.41, 5.74) is 12.4. The maximum Gasteiger partial charge on any atom is 0.129 e. The minimum absolute atomic E-state index is 0.669. The summed E-state index contributed by atoms with van der Waals surface area (Å²) < 4.78 is 1.73. The Bertz CT molecular complexity index is 802. The van der Waals surface area contributed by atoms with Gasteiger partial charge in [0.25, 0.3) is 0 Å². The number of benzene rings is 1. The molecule has 2 aromatic heterocycles. The van der Waals surface area contributed by atoms with Gasteiger partial charge in [-0.15, -0.1) is 0 Å². The quantitative estimate of drug-likeness (QED) is 0.782. The topological polar surface area (TPSA) is 56.7 Å². The maximum absolute atomic E-state index is 6.27. The van der Waals surface area contributed by atoms with Gasteiger partial charge < -0.3 is 5.73 Å². The van der Waals surface area contributed by atoms with Crippen molar-refractivity contribution in [2.24, 2.45) is 7.05 Å². The molecule has 0 aliphatic heterocycles. The Labute approximate surface area is 124 Å². The smallest absolute Gasteiger partial charge is 0.129 e. The summed E-state index contributed by atoms with van der Waals surface area (Å²) >= 11 is 0. The minimum atomic E-state index is 0.669. The lowest BCUT2D eigenvalue weighted by atomic mass is 9.97. The molecule has 1 aromatic carbocycles. The van der Waals surface area contributed by atoms with Gasteiger partial charge in [0.2, 0.25) is 0 Å². The van der Waals surface area contributed by atoms with E-state index in [1.165, 1.54) is 5.56 Å². The van der Waals surface area contributed by atoms with Gasteiger partial charge in [0.05, 0.1) is 5.56 Å². The van der Waals surface area contributed by atoms with E-state index in [0.717, 1.165) is 28.1 Å². The van der Waals surface area contributed by atoms with Crippen molar-refractivity contribution < 1.29 is 0 Å². The van der Waals surface area contributed by atoms with Gasteiger partial charge in [-0.25, -0.2) is 0 Å². The Morgan fingerprint density at radius 1 is 1.00 bits per heavy atom. The highest BCUT2D eigenvalue weighted by atomic mass is 15.3. The number of nitrogen functional groups attached to an aromatic ring is 1. The molecule has 4 nitrogen and oxygen atoms in total. The third kappa shape index (κ3) is 2.18. The van der Waals surface area contributed by atoms with Crippen molar-refractivity contribution in [3.63, 3.8) is 0 Å². The second kappa shape index (κ2) is 5.05. The Morgan fingerprint density at radius 3 is 2.43 bits per heavy atom. The number of anilines is 1. The zero-order chi connectivity index (χ0) is 15.0. The molecule has 0 aliphatic rings. The van der Waals surface area contributed by atoms with E-state index in [1.54, 1.807) is 10.9 Å². The van der Waals surface area contributed by atoms with E-state index in [2.05, 4.69) is 29.1 Å². The fourth-order valence-electron chi connectivity index (χ4n) is 2.58. The number of rotatable bonds is 2. The van der Waals surface area contributed by atoms with Crippen molar-refractivity contribution in [3.8, 4) is 22.4 Å². The highest BCUT2D eigenvalue weighted by Crippen LogP contribution is 2.37. The van der Waals surface area contributed by atoms with Gasteiger partial charge in [-0.05, 0) is 37.1 Å². The van der Waals surface area contributed by atoms with Gasteiger partial charge in [0.1, 0.15) is 11.5 Å². The third-order valence-corrected chi connectivity index (χ3v) is 3.77.